The summed E-state index contributed by atoms with van der Waals surface area (Å²) >= 11 is 12.5. The Kier molecular flexibility index (Phi) is 4.58. The highest BCUT2D eigenvalue weighted by Crippen LogP contribution is 2.28. The van der Waals surface area contributed by atoms with Crippen LogP contribution in [0, 0.1) is 6.92 Å². The molecular weight excluding hydrogens is 365 g/mol. The van der Waals surface area contributed by atoms with Gasteiger partial charge in [0.2, 0.25) is 0 Å². The fourth-order valence-electron chi connectivity index (χ4n) is 2.84. The van der Waals surface area contributed by atoms with Gasteiger partial charge in [-0.05, 0) is 36.2 Å². The summed E-state index contributed by atoms with van der Waals surface area (Å²) in [5.74, 6) is 0.613. The van der Waals surface area contributed by atoms with Crippen LogP contribution in [-0.4, -0.2) is 15.0 Å². The van der Waals surface area contributed by atoms with Crippen LogP contribution in [0.5, 0.6) is 0 Å². The molecule has 26 heavy (non-hydrogen) atoms. The number of hydrogen-bond acceptors (Lipinski definition) is 3. The van der Waals surface area contributed by atoms with E-state index in [2.05, 4.69) is 9.97 Å². The number of rotatable bonds is 3. The number of benzene rings is 2. The Morgan fingerprint density at radius 1 is 0.885 bits per heavy atom. The second-order valence-corrected chi connectivity index (χ2v) is 6.89. The lowest BCUT2D eigenvalue weighted by Gasteiger charge is -2.10. The van der Waals surface area contributed by atoms with E-state index in [1.165, 1.54) is 0 Å². The molecule has 2 aromatic heterocycles. The largest absolute Gasteiger partial charge is 0.249 e. The van der Waals surface area contributed by atoms with Gasteiger partial charge in [0.25, 0.3) is 0 Å². The second kappa shape index (κ2) is 7.02. The number of nitrogens with zero attached hydrogens (tertiary/aromatic N) is 3. The standard InChI is InChI=1S/C21H15Cl2N3/c1-13-9-10-18(21-24-12-15-5-2-3-8-17(15)26-21)25-19(13)11-14-6-4-7-16(22)20(14)23/h2-10,12H,11H2,1H3. The van der Waals surface area contributed by atoms with Crippen molar-refractivity contribution >= 4 is 34.1 Å². The molecule has 2 aromatic carbocycles. The minimum atomic E-state index is 0.552. The molecular formula is C21H15Cl2N3. The first kappa shape index (κ1) is 17.0. The summed E-state index contributed by atoms with van der Waals surface area (Å²) in [4.78, 5) is 13.9. The number of fused-ring (bicyclic) bond motifs is 1. The van der Waals surface area contributed by atoms with E-state index in [0.717, 1.165) is 33.4 Å². The lowest BCUT2D eigenvalue weighted by Crippen LogP contribution is -2.00. The molecule has 0 bridgehead atoms. The van der Waals surface area contributed by atoms with E-state index in [-0.39, 0.29) is 0 Å². The minimum Gasteiger partial charge on any atom is -0.249 e. The zero-order valence-corrected chi connectivity index (χ0v) is 15.6. The molecule has 3 nitrogen and oxygen atoms in total. The van der Waals surface area contributed by atoms with Gasteiger partial charge in [-0.1, -0.05) is 59.6 Å². The molecule has 4 aromatic rings. The molecule has 0 unspecified atom stereocenters. The molecule has 0 atom stereocenters. The van der Waals surface area contributed by atoms with Gasteiger partial charge < -0.3 is 0 Å². The third kappa shape index (κ3) is 3.28. The first-order valence-electron chi connectivity index (χ1n) is 8.23. The molecule has 0 aliphatic rings. The van der Waals surface area contributed by atoms with Gasteiger partial charge >= 0.3 is 0 Å². The van der Waals surface area contributed by atoms with Crippen LogP contribution >= 0.6 is 23.2 Å². The van der Waals surface area contributed by atoms with Crippen LogP contribution in [0.25, 0.3) is 22.4 Å². The van der Waals surface area contributed by atoms with E-state index in [4.69, 9.17) is 28.2 Å². The molecule has 0 N–H and O–H groups in total. The molecule has 5 heteroatoms. The summed E-state index contributed by atoms with van der Waals surface area (Å²) in [5.41, 5.74) is 4.62. The van der Waals surface area contributed by atoms with Crippen molar-refractivity contribution in [1.29, 1.82) is 0 Å². The molecule has 0 amide bonds. The zero-order chi connectivity index (χ0) is 18.1. The monoisotopic (exact) mass is 379 g/mol. The fourth-order valence-corrected chi connectivity index (χ4v) is 3.22. The van der Waals surface area contributed by atoms with E-state index in [9.17, 15) is 0 Å². The van der Waals surface area contributed by atoms with Gasteiger partial charge in [0.1, 0.15) is 5.69 Å². The van der Waals surface area contributed by atoms with E-state index in [1.54, 1.807) is 6.07 Å². The maximum atomic E-state index is 6.33. The van der Waals surface area contributed by atoms with E-state index in [0.29, 0.717) is 22.3 Å². The van der Waals surface area contributed by atoms with Crippen molar-refractivity contribution in [1.82, 2.24) is 15.0 Å². The second-order valence-electron chi connectivity index (χ2n) is 6.10. The third-order valence-corrected chi connectivity index (χ3v) is 5.17. The smallest absolute Gasteiger partial charge is 0.178 e. The summed E-state index contributed by atoms with van der Waals surface area (Å²) in [5, 5.41) is 2.13. The minimum absolute atomic E-state index is 0.552. The Hall–Kier alpha value is -2.49. The molecule has 0 saturated carbocycles. The van der Waals surface area contributed by atoms with E-state index >= 15 is 0 Å². The normalized spacial score (nSPS) is 11.0. The zero-order valence-electron chi connectivity index (χ0n) is 14.1. The Bertz CT molecular complexity index is 1110. The highest BCUT2D eigenvalue weighted by atomic mass is 35.5. The Morgan fingerprint density at radius 2 is 1.73 bits per heavy atom. The maximum absolute atomic E-state index is 6.33. The van der Waals surface area contributed by atoms with E-state index < -0.39 is 0 Å². The van der Waals surface area contributed by atoms with Crippen molar-refractivity contribution in [2.75, 3.05) is 0 Å². The Labute approximate surface area is 161 Å². The molecule has 0 aliphatic heterocycles. The van der Waals surface area contributed by atoms with E-state index in [1.807, 2.05) is 61.7 Å². The molecule has 0 saturated heterocycles. The highest BCUT2D eigenvalue weighted by Gasteiger charge is 2.11. The predicted octanol–water partition coefficient (Wildman–Crippen LogP) is 5.90. The lowest BCUT2D eigenvalue weighted by atomic mass is 10.1. The van der Waals surface area contributed by atoms with Crippen molar-refractivity contribution in [2.24, 2.45) is 0 Å². The molecule has 128 valence electrons. The summed E-state index contributed by atoms with van der Waals surface area (Å²) in [7, 11) is 0. The average Bonchev–Trinajstić information content (AvgIpc) is 2.66. The van der Waals surface area contributed by atoms with Crippen molar-refractivity contribution in [3.05, 3.63) is 87.7 Å². The topological polar surface area (TPSA) is 38.7 Å². The van der Waals surface area contributed by atoms with Gasteiger partial charge in [-0.25, -0.2) is 15.0 Å². The molecule has 2 heterocycles. The van der Waals surface area contributed by atoms with Crippen molar-refractivity contribution < 1.29 is 0 Å². The number of hydrogen-bond donors (Lipinski definition) is 0. The van der Waals surface area contributed by atoms with Crippen LogP contribution in [0.3, 0.4) is 0 Å². The van der Waals surface area contributed by atoms with Crippen molar-refractivity contribution in [3.8, 4) is 11.5 Å². The SMILES string of the molecule is Cc1ccc(-c2ncc3ccccc3n2)nc1Cc1cccc(Cl)c1Cl. The maximum Gasteiger partial charge on any atom is 0.178 e. The number of pyridine rings is 1. The Balaban J connectivity index is 1.74. The summed E-state index contributed by atoms with van der Waals surface area (Å²) in [6.07, 6.45) is 2.43. The quantitative estimate of drug-likeness (QED) is 0.444. The van der Waals surface area contributed by atoms with Gasteiger partial charge in [0, 0.05) is 23.7 Å². The van der Waals surface area contributed by atoms with Gasteiger partial charge in [-0.2, -0.15) is 0 Å². The van der Waals surface area contributed by atoms with Gasteiger partial charge in [-0.3, -0.25) is 0 Å². The average molecular weight is 380 g/mol. The Morgan fingerprint density at radius 3 is 2.62 bits per heavy atom. The lowest BCUT2D eigenvalue weighted by molar-refractivity contribution is 1.03. The number of para-hydroxylation sites is 1. The molecule has 4 rings (SSSR count). The number of aryl methyl sites for hydroxylation is 1. The van der Waals surface area contributed by atoms with Gasteiger partial charge in [0.05, 0.1) is 15.6 Å². The van der Waals surface area contributed by atoms with Crippen molar-refractivity contribution in [3.63, 3.8) is 0 Å². The van der Waals surface area contributed by atoms with Crippen LogP contribution in [0.4, 0.5) is 0 Å². The first-order valence-corrected chi connectivity index (χ1v) is 8.99. The molecule has 0 radical (unpaired) electrons. The molecule has 0 fully saturated rings. The van der Waals surface area contributed by atoms with Crippen LogP contribution in [-0.2, 0) is 6.42 Å². The summed E-state index contributed by atoms with van der Waals surface area (Å²) in [6.45, 7) is 2.03. The van der Waals surface area contributed by atoms with Crippen LogP contribution < -0.4 is 0 Å². The first-order chi connectivity index (χ1) is 12.6. The predicted molar refractivity (Wildman–Crippen MR) is 107 cm³/mol. The molecule has 0 aliphatic carbocycles. The molecule has 0 spiro atoms. The van der Waals surface area contributed by atoms with Gasteiger partial charge in [-0.15, -0.1) is 0 Å². The van der Waals surface area contributed by atoms with Crippen LogP contribution in [0.1, 0.15) is 16.8 Å². The fraction of sp³-hybridized carbons (Fsp3) is 0.0952. The highest BCUT2D eigenvalue weighted by molar-refractivity contribution is 6.42. The van der Waals surface area contributed by atoms with Crippen LogP contribution in [0.2, 0.25) is 10.0 Å². The third-order valence-electron chi connectivity index (χ3n) is 4.31. The summed E-state index contributed by atoms with van der Waals surface area (Å²) < 4.78 is 0. The van der Waals surface area contributed by atoms with Crippen LogP contribution in [0.15, 0.2) is 60.8 Å². The van der Waals surface area contributed by atoms with Gasteiger partial charge in [0.15, 0.2) is 5.82 Å². The number of aromatic nitrogens is 3. The summed E-state index contributed by atoms with van der Waals surface area (Å²) in [6, 6.07) is 17.5. The number of halogens is 2. The van der Waals surface area contributed by atoms with Crippen molar-refractivity contribution in [2.45, 2.75) is 13.3 Å².